The average Bonchev–Trinajstić information content (AvgIpc) is 3.37. The Balaban J connectivity index is 1.14. The Kier molecular flexibility index (Phi) is 19.9. The van der Waals surface area contributed by atoms with E-state index in [-0.39, 0.29) is 0 Å². The Bertz CT molecular complexity index is 2670. The molecule has 5 aromatic heterocycles. The maximum absolute atomic E-state index is 5.22. The van der Waals surface area contributed by atoms with Gasteiger partial charge in [0.2, 0.25) is 23.8 Å². The molecule has 0 spiro atoms. The molecule has 402 valence electrons. The second-order valence-corrected chi connectivity index (χ2v) is 20.0. The van der Waals surface area contributed by atoms with Crippen molar-refractivity contribution < 1.29 is 0 Å². The highest BCUT2D eigenvalue weighted by Crippen LogP contribution is 2.34. The van der Waals surface area contributed by atoms with Crippen LogP contribution >= 0.6 is 0 Å². The molecule has 15 heteroatoms. The molecule has 76 heavy (non-hydrogen) atoms. The van der Waals surface area contributed by atoms with Crippen molar-refractivity contribution in [3.05, 3.63) is 166 Å². The molecule has 0 radical (unpaired) electrons. The lowest BCUT2D eigenvalue weighted by atomic mass is 9.83. The first-order valence-electron chi connectivity index (χ1n) is 27.6. The van der Waals surface area contributed by atoms with Crippen molar-refractivity contribution in [2.75, 3.05) is 21.3 Å². The average molecular weight is 1030 g/mol. The molecule has 7 aromatic rings. The smallest absolute Gasteiger partial charge is 0.223 e. The van der Waals surface area contributed by atoms with Gasteiger partial charge in [-0.1, -0.05) is 47.6 Å². The number of aryl methyl sites for hydroxylation is 8. The minimum Gasteiger partial charge on any atom is -0.350 e. The summed E-state index contributed by atoms with van der Waals surface area (Å²) in [6.45, 7) is 34.9. The standard InChI is InChI=1S/C61H83N15/c1-15-46-52(47(16-2)55(33-65-59-70-38(9)25-39(10)71-59)50(19-5)54(46)32-64-58-68-36(7)24-37(8)69-58)30-62-28-44-22-21-23-45(76-44)29-63-31-53-48(17-3)56(34-66-60-72-40(11)26-41(12)73-60)51(20-6)57(49(53)18-4)35-67-61-74-42(13)27-43(14)75-61/h21-27,62-63H,15-20,28-35H2,1-14H3,(H,64,68,69)(H,65,70,71)(H,66,72,73)(H,67,74,75). The zero-order chi connectivity index (χ0) is 54.5. The van der Waals surface area contributed by atoms with Gasteiger partial charge in [0.1, 0.15) is 0 Å². The van der Waals surface area contributed by atoms with Crippen LogP contribution < -0.4 is 31.9 Å². The summed E-state index contributed by atoms with van der Waals surface area (Å²) in [7, 11) is 0. The zero-order valence-electron chi connectivity index (χ0n) is 48.0. The number of nitrogens with zero attached hydrogens (tertiary/aromatic N) is 9. The van der Waals surface area contributed by atoms with Gasteiger partial charge in [-0.3, -0.25) is 4.98 Å². The summed E-state index contributed by atoms with van der Waals surface area (Å²) in [5.41, 5.74) is 25.7. The van der Waals surface area contributed by atoms with E-state index in [0.29, 0.717) is 76.2 Å². The highest BCUT2D eigenvalue weighted by atomic mass is 15.1. The van der Waals surface area contributed by atoms with Crippen LogP contribution in [-0.2, 0) is 90.9 Å². The predicted octanol–water partition coefficient (Wildman–Crippen LogP) is 11.1. The Morgan fingerprint density at radius 3 is 0.684 bits per heavy atom. The lowest BCUT2D eigenvalue weighted by molar-refractivity contribution is 0.644. The summed E-state index contributed by atoms with van der Waals surface area (Å²) < 4.78 is 0. The summed E-state index contributed by atoms with van der Waals surface area (Å²) in [5.74, 6) is 2.61. The second-order valence-electron chi connectivity index (χ2n) is 20.0. The Morgan fingerprint density at radius 1 is 0.263 bits per heavy atom. The number of anilines is 4. The van der Waals surface area contributed by atoms with Crippen molar-refractivity contribution in [2.45, 2.75) is 188 Å². The SMILES string of the molecule is CCc1c(CNCc2cccc(CNCc3c(CC)c(CNc4nc(C)cc(C)n4)c(CC)c(CNc4nc(C)cc(C)n4)c3CC)n2)c(CC)c(CNc2nc(C)cc(C)n2)c(CC)c1CNc1nc(C)cc(C)n1. The first kappa shape index (κ1) is 56.8. The quantitative estimate of drug-likeness (QED) is 0.0300. The zero-order valence-corrected chi connectivity index (χ0v) is 48.0. The number of hydrogen-bond donors (Lipinski definition) is 6. The topological polar surface area (TPSA) is 188 Å². The molecular weight excluding hydrogens is 943 g/mol. The molecule has 2 aromatic carbocycles. The summed E-state index contributed by atoms with van der Waals surface area (Å²) in [6.07, 6.45) is 5.36. The van der Waals surface area contributed by atoms with Gasteiger partial charge < -0.3 is 31.9 Å². The fourth-order valence-electron chi connectivity index (χ4n) is 11.3. The van der Waals surface area contributed by atoms with Crippen molar-refractivity contribution in [2.24, 2.45) is 0 Å². The number of hydrogen-bond acceptors (Lipinski definition) is 15. The molecule has 0 unspecified atom stereocenters. The molecule has 7 rings (SSSR count). The number of rotatable bonds is 26. The molecule has 0 bridgehead atoms. The van der Waals surface area contributed by atoms with Gasteiger partial charge in [-0.2, -0.15) is 0 Å². The normalized spacial score (nSPS) is 11.3. The van der Waals surface area contributed by atoms with E-state index >= 15 is 0 Å². The van der Waals surface area contributed by atoms with Crippen LogP contribution in [-0.4, -0.2) is 44.9 Å². The molecule has 0 aliphatic heterocycles. The minimum atomic E-state index is 0.624. The van der Waals surface area contributed by atoms with Crippen molar-refractivity contribution in [1.29, 1.82) is 0 Å². The highest BCUT2D eigenvalue weighted by Gasteiger charge is 2.24. The third-order valence-electron chi connectivity index (χ3n) is 14.2. The van der Waals surface area contributed by atoms with Gasteiger partial charge in [0.05, 0.1) is 11.4 Å². The molecule has 0 fully saturated rings. The van der Waals surface area contributed by atoms with Crippen LogP contribution in [0.2, 0.25) is 0 Å². The summed E-state index contributed by atoms with van der Waals surface area (Å²) in [6, 6.07) is 14.4. The lowest BCUT2D eigenvalue weighted by Crippen LogP contribution is -2.23. The van der Waals surface area contributed by atoms with Gasteiger partial charge in [-0.15, -0.1) is 0 Å². The predicted molar refractivity (Wildman–Crippen MR) is 310 cm³/mol. The van der Waals surface area contributed by atoms with E-state index in [1.807, 2.05) is 79.7 Å². The molecule has 0 aliphatic rings. The van der Waals surface area contributed by atoms with Gasteiger partial charge in [0.15, 0.2) is 0 Å². The van der Waals surface area contributed by atoms with E-state index in [9.17, 15) is 0 Å². The molecule has 0 atom stereocenters. The summed E-state index contributed by atoms with van der Waals surface area (Å²) in [5, 5.41) is 22.2. The van der Waals surface area contributed by atoms with Crippen molar-refractivity contribution in [3.8, 4) is 0 Å². The van der Waals surface area contributed by atoms with E-state index in [2.05, 4.69) is 91.6 Å². The van der Waals surface area contributed by atoms with Crippen LogP contribution in [0, 0.1) is 55.4 Å². The van der Waals surface area contributed by atoms with E-state index in [4.69, 9.17) is 44.9 Å². The van der Waals surface area contributed by atoms with Gasteiger partial charge >= 0.3 is 0 Å². The molecule has 15 nitrogen and oxygen atoms in total. The Morgan fingerprint density at radius 2 is 0.474 bits per heavy atom. The fraction of sp³-hybridized carbons (Fsp3) is 0.459. The van der Waals surface area contributed by atoms with Gasteiger partial charge in [-0.05, 0) is 197 Å². The lowest BCUT2D eigenvalue weighted by Gasteiger charge is -2.27. The van der Waals surface area contributed by atoms with Crippen molar-refractivity contribution >= 4 is 23.8 Å². The van der Waals surface area contributed by atoms with E-state index in [0.717, 1.165) is 95.5 Å². The molecule has 0 saturated heterocycles. The number of aromatic nitrogens is 9. The van der Waals surface area contributed by atoms with Gasteiger partial charge in [0, 0.05) is 97.9 Å². The van der Waals surface area contributed by atoms with Crippen LogP contribution in [0.25, 0.3) is 0 Å². The van der Waals surface area contributed by atoms with Crippen molar-refractivity contribution in [3.63, 3.8) is 0 Å². The molecular formula is C61H83N15. The minimum absolute atomic E-state index is 0.624. The number of nitrogens with one attached hydrogen (secondary N) is 6. The number of pyridine rings is 1. The van der Waals surface area contributed by atoms with Crippen molar-refractivity contribution in [1.82, 2.24) is 55.5 Å². The fourth-order valence-corrected chi connectivity index (χ4v) is 11.3. The van der Waals surface area contributed by atoms with E-state index < -0.39 is 0 Å². The molecule has 0 aliphatic carbocycles. The Hall–Kier alpha value is -6.97. The summed E-state index contributed by atoms with van der Waals surface area (Å²) >= 11 is 0. The van der Waals surface area contributed by atoms with Crippen LogP contribution in [0.1, 0.15) is 165 Å². The van der Waals surface area contributed by atoms with Crippen LogP contribution in [0.5, 0.6) is 0 Å². The maximum Gasteiger partial charge on any atom is 0.223 e. The highest BCUT2D eigenvalue weighted by molar-refractivity contribution is 5.56. The Labute approximate surface area is 452 Å². The first-order chi connectivity index (χ1) is 36.6. The monoisotopic (exact) mass is 1030 g/mol. The first-order valence-corrected chi connectivity index (χ1v) is 27.6. The van der Waals surface area contributed by atoms with Gasteiger partial charge in [-0.25, -0.2) is 39.9 Å². The van der Waals surface area contributed by atoms with Crippen LogP contribution in [0.4, 0.5) is 23.8 Å². The summed E-state index contributed by atoms with van der Waals surface area (Å²) in [4.78, 5) is 43.1. The molecule has 6 N–H and O–H groups in total. The van der Waals surface area contributed by atoms with Crippen LogP contribution in [0.3, 0.4) is 0 Å². The molecule has 5 heterocycles. The largest absolute Gasteiger partial charge is 0.350 e. The maximum atomic E-state index is 5.22. The van der Waals surface area contributed by atoms with E-state index in [1.165, 1.54) is 66.8 Å². The van der Waals surface area contributed by atoms with Crippen LogP contribution in [0.15, 0.2) is 42.5 Å². The second kappa shape index (κ2) is 26.7. The molecule has 0 saturated carbocycles. The third kappa shape index (κ3) is 14.3. The third-order valence-corrected chi connectivity index (χ3v) is 14.2. The van der Waals surface area contributed by atoms with Gasteiger partial charge in [0.25, 0.3) is 0 Å². The number of benzene rings is 2. The van der Waals surface area contributed by atoms with E-state index in [1.54, 1.807) is 0 Å². The molecule has 0 amide bonds.